The van der Waals surface area contributed by atoms with E-state index in [-0.39, 0.29) is 0 Å². The molecule has 1 saturated carbocycles. The summed E-state index contributed by atoms with van der Waals surface area (Å²) in [6, 6.07) is 0. The van der Waals surface area contributed by atoms with Crippen molar-refractivity contribution in [3.63, 3.8) is 0 Å². The summed E-state index contributed by atoms with van der Waals surface area (Å²) in [5, 5.41) is 3.31. The Morgan fingerprint density at radius 2 is 0.980 bits per heavy atom. The average Bonchev–Trinajstić information content (AvgIpc) is 3.13. The first-order valence-electron chi connectivity index (χ1n) is 24.0. The smallest absolute Gasteiger partial charge is 0.00489 e. The number of hydrogen-bond donors (Lipinski definition) is 1. The van der Waals surface area contributed by atoms with Crippen LogP contribution in [0.25, 0.3) is 0 Å². The number of unbranched alkanes of at least 4 members (excludes halogenated alkanes) is 20. The lowest BCUT2D eigenvalue weighted by Gasteiger charge is -2.37. The Hall–Kier alpha value is -0.560. The molecule has 0 aromatic heterocycles. The second-order valence-electron chi connectivity index (χ2n) is 17.8. The van der Waals surface area contributed by atoms with Gasteiger partial charge in [-0.25, -0.2) is 0 Å². The molecule has 1 N–H and O–H groups in total. The molecule has 0 spiro atoms. The number of hydrogen-bond acceptors (Lipinski definition) is 1. The van der Waals surface area contributed by atoms with E-state index >= 15 is 0 Å². The van der Waals surface area contributed by atoms with Gasteiger partial charge in [0, 0.05) is 0 Å². The zero-order chi connectivity index (χ0) is 37.0. The summed E-state index contributed by atoms with van der Waals surface area (Å²) in [6.45, 7) is 17.2. The standard InChI is InChI=1S/C50H97N/c1-7-10-13-16-22-27-34-47(35-28-23-17-14-11-8-2)43-46(5)32-26-21-19-20-25-30-37-49-41-39-48(36-29-24-18-15-12-9-3)44-50(49)40-38-45(4)33-31-42-51-6/h47-51H,4-5,7-44H2,1-3,6H3. The zero-order valence-corrected chi connectivity index (χ0v) is 36.1. The first kappa shape index (κ1) is 48.5. The quantitative estimate of drug-likeness (QED) is 0.0494. The van der Waals surface area contributed by atoms with Crippen molar-refractivity contribution in [2.45, 2.75) is 258 Å². The fourth-order valence-corrected chi connectivity index (χ4v) is 9.44. The van der Waals surface area contributed by atoms with Crippen molar-refractivity contribution in [2.24, 2.45) is 23.7 Å². The summed E-state index contributed by atoms with van der Waals surface area (Å²) in [5.41, 5.74) is 3.08. The normalized spacial score (nSPS) is 17.8. The minimum atomic E-state index is 0.903. The third-order valence-corrected chi connectivity index (χ3v) is 12.9. The molecule has 1 nitrogen and oxygen atoms in total. The lowest BCUT2D eigenvalue weighted by molar-refractivity contribution is 0.150. The molecule has 1 aliphatic rings. The van der Waals surface area contributed by atoms with Crippen molar-refractivity contribution >= 4 is 0 Å². The predicted octanol–water partition coefficient (Wildman–Crippen LogP) is 17.3. The first-order valence-corrected chi connectivity index (χ1v) is 24.0. The molecule has 51 heavy (non-hydrogen) atoms. The van der Waals surface area contributed by atoms with Crippen LogP contribution in [0.1, 0.15) is 258 Å². The fourth-order valence-electron chi connectivity index (χ4n) is 9.44. The summed E-state index contributed by atoms with van der Waals surface area (Å²) in [4.78, 5) is 0. The molecule has 0 aromatic carbocycles. The van der Waals surface area contributed by atoms with E-state index < -0.39 is 0 Å². The summed E-state index contributed by atoms with van der Waals surface area (Å²) in [7, 11) is 2.07. The van der Waals surface area contributed by atoms with Crippen molar-refractivity contribution in [3.8, 4) is 0 Å². The van der Waals surface area contributed by atoms with Gasteiger partial charge in [0.2, 0.25) is 0 Å². The van der Waals surface area contributed by atoms with Crippen LogP contribution >= 0.6 is 0 Å². The highest BCUT2D eigenvalue weighted by molar-refractivity contribution is 4.96. The van der Waals surface area contributed by atoms with E-state index in [0.717, 1.165) is 30.2 Å². The number of allylic oxidation sites excluding steroid dienone is 2. The Labute approximate surface area is 324 Å². The first-order chi connectivity index (χ1) is 25.0. The second kappa shape index (κ2) is 36.4. The van der Waals surface area contributed by atoms with Crippen LogP contribution in [-0.2, 0) is 0 Å². The molecule has 1 rings (SSSR count). The van der Waals surface area contributed by atoms with Crippen LogP contribution in [-0.4, -0.2) is 13.6 Å². The largest absolute Gasteiger partial charge is 0.320 e. The molecule has 0 bridgehead atoms. The van der Waals surface area contributed by atoms with Crippen LogP contribution in [0.15, 0.2) is 24.3 Å². The van der Waals surface area contributed by atoms with Gasteiger partial charge in [-0.3, -0.25) is 0 Å². The van der Waals surface area contributed by atoms with Crippen LogP contribution in [0.4, 0.5) is 0 Å². The van der Waals surface area contributed by atoms with Gasteiger partial charge in [0.05, 0.1) is 0 Å². The van der Waals surface area contributed by atoms with E-state index in [4.69, 9.17) is 0 Å². The van der Waals surface area contributed by atoms with Gasteiger partial charge in [0.15, 0.2) is 0 Å². The van der Waals surface area contributed by atoms with Crippen LogP contribution in [0.3, 0.4) is 0 Å². The molecule has 0 radical (unpaired) electrons. The van der Waals surface area contributed by atoms with E-state index in [1.165, 1.54) is 243 Å². The van der Waals surface area contributed by atoms with Gasteiger partial charge >= 0.3 is 0 Å². The Morgan fingerprint density at radius 1 is 0.490 bits per heavy atom. The molecule has 3 atom stereocenters. The Balaban J connectivity index is 2.34. The topological polar surface area (TPSA) is 12.0 Å². The molecule has 1 heteroatoms. The van der Waals surface area contributed by atoms with E-state index in [1.807, 2.05) is 0 Å². The van der Waals surface area contributed by atoms with Gasteiger partial charge in [-0.15, -0.1) is 0 Å². The number of nitrogens with one attached hydrogen (secondary N) is 1. The van der Waals surface area contributed by atoms with Crippen LogP contribution in [0.2, 0.25) is 0 Å². The van der Waals surface area contributed by atoms with Gasteiger partial charge in [-0.05, 0) is 95.1 Å². The predicted molar refractivity (Wildman–Crippen MR) is 234 cm³/mol. The monoisotopic (exact) mass is 712 g/mol. The van der Waals surface area contributed by atoms with Crippen molar-refractivity contribution in [3.05, 3.63) is 24.3 Å². The zero-order valence-electron chi connectivity index (χ0n) is 36.1. The van der Waals surface area contributed by atoms with Crippen LogP contribution in [0, 0.1) is 23.7 Å². The van der Waals surface area contributed by atoms with Gasteiger partial charge in [-0.2, -0.15) is 0 Å². The third-order valence-electron chi connectivity index (χ3n) is 12.9. The van der Waals surface area contributed by atoms with Gasteiger partial charge < -0.3 is 5.32 Å². The Bertz CT molecular complexity index is 736. The lowest BCUT2D eigenvalue weighted by Crippen LogP contribution is -2.25. The summed E-state index contributed by atoms with van der Waals surface area (Å²) in [6.07, 6.45) is 52.6. The molecule has 0 aromatic rings. The molecule has 0 saturated heterocycles. The van der Waals surface area contributed by atoms with Crippen LogP contribution in [0.5, 0.6) is 0 Å². The maximum atomic E-state index is 4.61. The fraction of sp³-hybridized carbons (Fsp3) is 0.920. The summed E-state index contributed by atoms with van der Waals surface area (Å²) < 4.78 is 0. The van der Waals surface area contributed by atoms with E-state index in [1.54, 1.807) is 5.57 Å². The van der Waals surface area contributed by atoms with Crippen molar-refractivity contribution in [1.82, 2.24) is 5.32 Å². The van der Waals surface area contributed by atoms with Gasteiger partial charge in [0.25, 0.3) is 0 Å². The Kier molecular flexibility index (Phi) is 34.6. The van der Waals surface area contributed by atoms with E-state index in [9.17, 15) is 0 Å². The molecular weight excluding hydrogens is 615 g/mol. The SMILES string of the molecule is C=C(CCCNC)CCC1CC(CCCCCCCC)CCC1CCCCCCCCC(=C)CC(CCCCCCCC)CCCCCCCC. The maximum Gasteiger partial charge on any atom is -0.00489 e. The van der Waals surface area contributed by atoms with Gasteiger partial charge in [-0.1, -0.05) is 225 Å². The molecule has 0 aliphatic heterocycles. The molecular formula is C50H97N. The third kappa shape index (κ3) is 29.5. The maximum absolute atomic E-state index is 4.61. The average molecular weight is 712 g/mol. The summed E-state index contributed by atoms with van der Waals surface area (Å²) >= 11 is 0. The van der Waals surface area contributed by atoms with E-state index in [0.29, 0.717) is 0 Å². The molecule has 0 heterocycles. The van der Waals surface area contributed by atoms with E-state index in [2.05, 4.69) is 46.3 Å². The molecule has 1 fully saturated rings. The second-order valence-corrected chi connectivity index (χ2v) is 17.8. The molecule has 302 valence electrons. The van der Waals surface area contributed by atoms with Crippen LogP contribution < -0.4 is 5.32 Å². The molecule has 3 unspecified atom stereocenters. The minimum Gasteiger partial charge on any atom is -0.320 e. The lowest BCUT2D eigenvalue weighted by atomic mass is 9.69. The molecule has 0 amide bonds. The van der Waals surface area contributed by atoms with Crippen molar-refractivity contribution in [1.29, 1.82) is 0 Å². The Morgan fingerprint density at radius 3 is 1.55 bits per heavy atom. The minimum absolute atomic E-state index is 0.903. The molecule has 1 aliphatic carbocycles. The van der Waals surface area contributed by atoms with Crippen molar-refractivity contribution < 1.29 is 0 Å². The van der Waals surface area contributed by atoms with Gasteiger partial charge in [0.1, 0.15) is 0 Å². The highest BCUT2D eigenvalue weighted by Gasteiger charge is 2.29. The number of rotatable bonds is 39. The highest BCUT2D eigenvalue weighted by Crippen LogP contribution is 2.42. The van der Waals surface area contributed by atoms with Crippen molar-refractivity contribution in [2.75, 3.05) is 13.6 Å². The highest BCUT2D eigenvalue weighted by atomic mass is 14.8. The summed E-state index contributed by atoms with van der Waals surface area (Å²) in [5.74, 6) is 3.86.